The molecule has 0 aliphatic heterocycles. The van der Waals surface area contributed by atoms with Gasteiger partial charge in [-0.1, -0.05) is 81.4 Å². The topological polar surface area (TPSA) is 12.9 Å². The summed E-state index contributed by atoms with van der Waals surface area (Å²) in [6.45, 7) is 6.77. The maximum Gasteiger partial charge on any atom is 0.0708 e. The lowest BCUT2D eigenvalue weighted by molar-refractivity contribution is 0.591. The van der Waals surface area contributed by atoms with Crippen LogP contribution < -0.4 is 0 Å². The first-order valence-electron chi connectivity index (χ1n) is 8.41. The molecule has 0 saturated carbocycles. The van der Waals surface area contributed by atoms with Gasteiger partial charge in [0.15, 0.2) is 0 Å². The lowest BCUT2D eigenvalue weighted by Crippen LogP contribution is -2.10. The van der Waals surface area contributed by atoms with E-state index in [1.807, 2.05) is 12.3 Å². The third kappa shape index (κ3) is 2.56. The van der Waals surface area contributed by atoms with Crippen molar-refractivity contribution in [2.45, 2.75) is 26.2 Å². The van der Waals surface area contributed by atoms with E-state index in [1.165, 1.54) is 27.1 Å². The number of hydrogen-bond acceptors (Lipinski definition) is 1. The Morgan fingerprint density at radius 2 is 1.46 bits per heavy atom. The number of pyridine rings is 1. The predicted octanol–water partition coefficient (Wildman–Crippen LogP) is 6.35. The summed E-state index contributed by atoms with van der Waals surface area (Å²) in [6.07, 6.45) is 1.98. The number of nitrogens with zero attached hydrogens (tertiary/aromatic N) is 1. The molecule has 0 saturated heterocycles. The highest BCUT2D eigenvalue weighted by Gasteiger charge is 2.14. The molecule has 0 amide bonds. The van der Waals surface area contributed by atoms with E-state index in [4.69, 9.17) is 0 Å². The monoisotopic (exact) mass is 311 g/mol. The average Bonchev–Trinajstić information content (AvgIpc) is 2.60. The summed E-state index contributed by atoms with van der Waals surface area (Å²) >= 11 is 0. The molecular weight excluding hydrogens is 290 g/mol. The second kappa shape index (κ2) is 5.45. The van der Waals surface area contributed by atoms with Crippen LogP contribution in [0.25, 0.3) is 32.8 Å². The van der Waals surface area contributed by atoms with Crippen molar-refractivity contribution < 1.29 is 0 Å². The number of aromatic nitrogens is 1. The van der Waals surface area contributed by atoms with Gasteiger partial charge in [0.1, 0.15) is 0 Å². The highest BCUT2D eigenvalue weighted by molar-refractivity contribution is 6.08. The SMILES string of the molecule is CC(C)(C)c1ccc2c(ccc3cnc(-c4ccccc4)cc32)c1. The molecule has 0 aliphatic carbocycles. The molecule has 4 rings (SSSR count). The van der Waals surface area contributed by atoms with Gasteiger partial charge in [-0.25, -0.2) is 0 Å². The summed E-state index contributed by atoms with van der Waals surface area (Å²) in [4.78, 5) is 4.64. The van der Waals surface area contributed by atoms with Gasteiger partial charge < -0.3 is 0 Å². The Balaban J connectivity index is 1.96. The molecule has 0 fully saturated rings. The standard InChI is InChI=1S/C23H21N/c1-23(2,3)19-11-12-20-17(13-19)9-10-18-15-24-22(14-21(18)20)16-7-5-4-6-8-16/h4-15H,1-3H3. The van der Waals surface area contributed by atoms with E-state index in [0.717, 1.165) is 11.3 Å². The van der Waals surface area contributed by atoms with E-state index in [0.29, 0.717) is 0 Å². The van der Waals surface area contributed by atoms with E-state index in [-0.39, 0.29) is 5.41 Å². The fraction of sp³-hybridized carbons (Fsp3) is 0.174. The van der Waals surface area contributed by atoms with Crippen molar-refractivity contribution in [1.29, 1.82) is 0 Å². The Morgan fingerprint density at radius 3 is 2.21 bits per heavy atom. The molecule has 0 radical (unpaired) electrons. The van der Waals surface area contributed by atoms with E-state index >= 15 is 0 Å². The van der Waals surface area contributed by atoms with Gasteiger partial charge in [-0.15, -0.1) is 0 Å². The normalized spacial score (nSPS) is 12.0. The van der Waals surface area contributed by atoms with Crippen molar-refractivity contribution in [2.75, 3.05) is 0 Å². The molecule has 0 spiro atoms. The highest BCUT2D eigenvalue weighted by Crippen LogP contribution is 2.31. The Hall–Kier alpha value is -2.67. The summed E-state index contributed by atoms with van der Waals surface area (Å²) in [5.41, 5.74) is 3.71. The smallest absolute Gasteiger partial charge is 0.0708 e. The minimum Gasteiger partial charge on any atom is -0.256 e. The Bertz CT molecular complexity index is 1020. The third-order valence-electron chi connectivity index (χ3n) is 4.65. The van der Waals surface area contributed by atoms with Crippen LogP contribution in [0.15, 0.2) is 72.9 Å². The molecule has 1 nitrogen and oxygen atoms in total. The largest absolute Gasteiger partial charge is 0.256 e. The first kappa shape index (κ1) is 14.9. The lowest BCUT2D eigenvalue weighted by atomic mass is 9.85. The van der Waals surface area contributed by atoms with Crippen molar-refractivity contribution in [1.82, 2.24) is 4.98 Å². The molecular formula is C23H21N. The fourth-order valence-corrected chi connectivity index (χ4v) is 3.19. The van der Waals surface area contributed by atoms with Crippen LogP contribution in [0.3, 0.4) is 0 Å². The molecule has 0 unspecified atom stereocenters. The summed E-state index contributed by atoms with van der Waals surface area (Å²) in [5.74, 6) is 0. The van der Waals surface area contributed by atoms with Gasteiger partial charge in [0.2, 0.25) is 0 Å². The summed E-state index contributed by atoms with van der Waals surface area (Å²) in [5, 5.41) is 5.03. The fourth-order valence-electron chi connectivity index (χ4n) is 3.19. The molecule has 4 aromatic rings. The second-order valence-corrected chi connectivity index (χ2v) is 7.41. The zero-order valence-corrected chi connectivity index (χ0v) is 14.4. The lowest BCUT2D eigenvalue weighted by Gasteiger charge is -2.19. The molecule has 3 aromatic carbocycles. The Morgan fingerprint density at radius 1 is 0.708 bits per heavy atom. The van der Waals surface area contributed by atoms with Gasteiger partial charge in [0.25, 0.3) is 0 Å². The Labute approximate surface area is 143 Å². The van der Waals surface area contributed by atoms with E-state index in [2.05, 4.69) is 86.4 Å². The van der Waals surface area contributed by atoms with Crippen molar-refractivity contribution in [3.05, 3.63) is 78.5 Å². The molecule has 0 atom stereocenters. The molecule has 1 heteroatoms. The number of rotatable bonds is 1. The summed E-state index contributed by atoms with van der Waals surface area (Å²) < 4.78 is 0. The highest BCUT2D eigenvalue weighted by atomic mass is 14.7. The van der Waals surface area contributed by atoms with Gasteiger partial charge in [-0.3, -0.25) is 4.98 Å². The van der Waals surface area contributed by atoms with E-state index < -0.39 is 0 Å². The minimum atomic E-state index is 0.163. The van der Waals surface area contributed by atoms with Crippen LogP contribution in [-0.2, 0) is 5.41 Å². The molecule has 1 heterocycles. The quantitative estimate of drug-likeness (QED) is 0.373. The molecule has 1 aromatic heterocycles. The van der Waals surface area contributed by atoms with Crippen LogP contribution in [0.1, 0.15) is 26.3 Å². The van der Waals surface area contributed by atoms with Crippen molar-refractivity contribution in [2.24, 2.45) is 0 Å². The maximum atomic E-state index is 4.64. The van der Waals surface area contributed by atoms with Crippen LogP contribution in [0.4, 0.5) is 0 Å². The zero-order valence-electron chi connectivity index (χ0n) is 14.4. The summed E-state index contributed by atoms with van der Waals surface area (Å²) in [6, 6.07) is 23.8. The van der Waals surface area contributed by atoms with E-state index in [9.17, 15) is 0 Å². The van der Waals surface area contributed by atoms with Gasteiger partial charge in [-0.2, -0.15) is 0 Å². The number of fused-ring (bicyclic) bond motifs is 3. The van der Waals surface area contributed by atoms with Crippen molar-refractivity contribution in [3.63, 3.8) is 0 Å². The molecule has 0 bridgehead atoms. The van der Waals surface area contributed by atoms with Gasteiger partial charge in [0.05, 0.1) is 5.69 Å². The maximum absolute atomic E-state index is 4.64. The number of hydrogen-bond donors (Lipinski definition) is 0. The average molecular weight is 311 g/mol. The molecule has 118 valence electrons. The first-order valence-corrected chi connectivity index (χ1v) is 8.41. The minimum absolute atomic E-state index is 0.163. The molecule has 24 heavy (non-hydrogen) atoms. The number of benzene rings is 3. The van der Waals surface area contributed by atoms with Crippen molar-refractivity contribution >= 4 is 21.5 Å². The third-order valence-corrected chi connectivity index (χ3v) is 4.65. The van der Waals surface area contributed by atoms with Crippen LogP contribution in [-0.4, -0.2) is 4.98 Å². The first-order chi connectivity index (χ1) is 11.5. The van der Waals surface area contributed by atoms with Crippen LogP contribution in [0.2, 0.25) is 0 Å². The van der Waals surface area contributed by atoms with E-state index in [1.54, 1.807) is 0 Å². The Kier molecular flexibility index (Phi) is 3.38. The van der Waals surface area contributed by atoms with Crippen molar-refractivity contribution in [3.8, 4) is 11.3 Å². The molecule has 0 aliphatic rings. The molecule has 0 N–H and O–H groups in total. The van der Waals surface area contributed by atoms with Gasteiger partial charge in [-0.05, 0) is 33.2 Å². The summed E-state index contributed by atoms with van der Waals surface area (Å²) in [7, 11) is 0. The zero-order chi connectivity index (χ0) is 16.7. The van der Waals surface area contributed by atoms with Gasteiger partial charge in [0, 0.05) is 17.1 Å². The van der Waals surface area contributed by atoms with Crippen LogP contribution >= 0.6 is 0 Å². The van der Waals surface area contributed by atoms with Crippen LogP contribution in [0.5, 0.6) is 0 Å². The van der Waals surface area contributed by atoms with Crippen LogP contribution in [0, 0.1) is 0 Å². The second-order valence-electron chi connectivity index (χ2n) is 7.41. The predicted molar refractivity (Wildman–Crippen MR) is 103 cm³/mol. The van der Waals surface area contributed by atoms with Gasteiger partial charge >= 0.3 is 0 Å².